The fourth-order valence-electron chi connectivity index (χ4n) is 4.30. The monoisotopic (exact) mass is 628 g/mol. The van der Waals surface area contributed by atoms with Crippen LogP contribution in [0.15, 0.2) is 93.3 Å². The summed E-state index contributed by atoms with van der Waals surface area (Å²) in [6.45, 7) is 2.11. The van der Waals surface area contributed by atoms with Crippen molar-refractivity contribution in [3.8, 4) is 5.75 Å². The van der Waals surface area contributed by atoms with Crippen LogP contribution in [0.2, 0.25) is 0 Å². The minimum Gasteiger partial charge on any atom is -0.495 e. The van der Waals surface area contributed by atoms with Crippen molar-refractivity contribution in [1.82, 2.24) is 0 Å². The minimum atomic E-state index is -4.05. The summed E-state index contributed by atoms with van der Waals surface area (Å²) in [6, 6.07) is 20.3. The molecular weight excluding hydrogens is 601 g/mol. The number of carbonyl (C=O) groups is 1. The summed E-state index contributed by atoms with van der Waals surface area (Å²) in [5.41, 5.74) is 1.76. The van der Waals surface area contributed by atoms with Crippen molar-refractivity contribution in [3.63, 3.8) is 0 Å². The summed E-state index contributed by atoms with van der Waals surface area (Å²) in [4.78, 5) is 15.2. The topological polar surface area (TPSA) is 143 Å². The molecule has 1 saturated heterocycles. The first kappa shape index (κ1) is 29.4. The van der Waals surface area contributed by atoms with E-state index in [1.807, 2.05) is 4.90 Å². The Bertz CT molecular complexity index is 1770. The Morgan fingerprint density at radius 2 is 1.60 bits per heavy atom. The highest BCUT2D eigenvalue weighted by molar-refractivity contribution is 7.94. The van der Waals surface area contributed by atoms with Crippen LogP contribution in [0, 0.1) is 0 Å². The average molecular weight is 629 g/mol. The molecule has 3 aromatic carbocycles. The van der Waals surface area contributed by atoms with Gasteiger partial charge in [-0.15, -0.1) is 11.3 Å². The molecule has 1 aromatic heterocycles. The van der Waals surface area contributed by atoms with E-state index in [2.05, 4.69) is 14.8 Å². The summed E-state index contributed by atoms with van der Waals surface area (Å²) in [5, 5.41) is 4.51. The van der Waals surface area contributed by atoms with Crippen molar-refractivity contribution in [2.45, 2.75) is 9.10 Å². The zero-order chi connectivity index (χ0) is 29.7. The van der Waals surface area contributed by atoms with Crippen LogP contribution < -0.4 is 24.4 Å². The van der Waals surface area contributed by atoms with Crippen LogP contribution in [-0.2, 0) is 24.8 Å². The third-order valence-corrected chi connectivity index (χ3v) is 10.5. The zero-order valence-electron chi connectivity index (χ0n) is 22.4. The molecule has 42 heavy (non-hydrogen) atoms. The van der Waals surface area contributed by atoms with E-state index in [1.54, 1.807) is 41.8 Å². The van der Waals surface area contributed by atoms with Gasteiger partial charge in [-0.05, 0) is 66.0 Å². The molecule has 0 unspecified atom stereocenters. The predicted octanol–water partition coefficient (Wildman–Crippen LogP) is 4.45. The Balaban J connectivity index is 1.40. The summed E-state index contributed by atoms with van der Waals surface area (Å²) < 4.78 is 67.6. The number of sulfonamides is 2. The first-order valence-electron chi connectivity index (χ1n) is 12.8. The Kier molecular flexibility index (Phi) is 8.68. The van der Waals surface area contributed by atoms with Gasteiger partial charge in [0.2, 0.25) is 0 Å². The summed E-state index contributed by atoms with van der Waals surface area (Å²) >= 11 is 1.10. The number of anilines is 4. The van der Waals surface area contributed by atoms with E-state index in [1.165, 1.54) is 49.6 Å². The van der Waals surface area contributed by atoms with E-state index in [9.17, 15) is 21.6 Å². The number of ether oxygens (including phenoxy) is 2. The van der Waals surface area contributed by atoms with Crippen molar-refractivity contribution >= 4 is 60.0 Å². The Morgan fingerprint density at radius 1 is 0.857 bits per heavy atom. The van der Waals surface area contributed by atoms with Gasteiger partial charge in [-0.1, -0.05) is 18.2 Å². The second kappa shape index (κ2) is 12.4. The van der Waals surface area contributed by atoms with Gasteiger partial charge in [0, 0.05) is 24.3 Å². The van der Waals surface area contributed by atoms with E-state index in [0.29, 0.717) is 49.1 Å². The molecule has 1 amide bonds. The molecule has 4 aromatic rings. The quantitative estimate of drug-likeness (QED) is 0.234. The standard InChI is InChI=1S/C28H28N4O7S3/c1-38-26-6-3-2-5-23(26)31-41(34,35)22-12-13-25(32-14-16-39-17-15-32)24(19-22)29-28(33)20-8-10-21(11-9-20)30-42(36,37)27-7-4-18-40-27/h2-13,18-19,30-31H,14-17H2,1H3,(H,29,33). The van der Waals surface area contributed by atoms with Crippen LogP contribution in [0.25, 0.3) is 0 Å². The average Bonchev–Trinajstić information content (AvgIpc) is 3.54. The molecular formula is C28H28N4O7S3. The Hall–Kier alpha value is -4.11. The van der Waals surface area contributed by atoms with Gasteiger partial charge in [-0.3, -0.25) is 14.2 Å². The van der Waals surface area contributed by atoms with Crippen LogP contribution >= 0.6 is 11.3 Å². The molecule has 0 bridgehead atoms. The van der Waals surface area contributed by atoms with Crippen LogP contribution in [-0.4, -0.2) is 56.2 Å². The van der Waals surface area contributed by atoms with E-state index in [0.717, 1.165) is 11.3 Å². The number of amides is 1. The predicted molar refractivity (Wildman–Crippen MR) is 163 cm³/mol. The molecule has 0 radical (unpaired) electrons. The van der Waals surface area contributed by atoms with Crippen LogP contribution in [0.4, 0.5) is 22.7 Å². The first-order valence-corrected chi connectivity index (χ1v) is 16.6. The van der Waals surface area contributed by atoms with Crippen LogP contribution in [0.3, 0.4) is 0 Å². The third kappa shape index (κ3) is 6.68. The number of carbonyl (C=O) groups excluding carboxylic acids is 1. The van der Waals surface area contributed by atoms with Gasteiger partial charge in [0.1, 0.15) is 9.96 Å². The van der Waals surface area contributed by atoms with Crippen LogP contribution in [0.5, 0.6) is 5.75 Å². The van der Waals surface area contributed by atoms with Crippen molar-refractivity contribution in [1.29, 1.82) is 0 Å². The first-order chi connectivity index (χ1) is 20.2. The van der Waals surface area contributed by atoms with Gasteiger partial charge in [-0.2, -0.15) is 0 Å². The third-order valence-electron chi connectivity index (χ3n) is 6.39. The summed E-state index contributed by atoms with van der Waals surface area (Å²) in [5.74, 6) is -0.134. The zero-order valence-corrected chi connectivity index (χ0v) is 24.9. The van der Waals surface area contributed by atoms with Crippen molar-refractivity contribution in [3.05, 3.63) is 89.8 Å². The highest BCUT2D eigenvalue weighted by Crippen LogP contribution is 2.32. The number of hydrogen-bond acceptors (Lipinski definition) is 9. The molecule has 1 aliphatic heterocycles. The molecule has 5 rings (SSSR count). The molecule has 14 heteroatoms. The van der Waals surface area contributed by atoms with E-state index in [4.69, 9.17) is 9.47 Å². The summed E-state index contributed by atoms with van der Waals surface area (Å²) in [7, 11) is -6.33. The maximum absolute atomic E-state index is 13.3. The molecule has 1 fully saturated rings. The van der Waals surface area contributed by atoms with E-state index >= 15 is 0 Å². The molecule has 11 nitrogen and oxygen atoms in total. The lowest BCUT2D eigenvalue weighted by Gasteiger charge is -2.30. The molecule has 0 spiro atoms. The summed E-state index contributed by atoms with van der Waals surface area (Å²) in [6.07, 6.45) is 0. The molecule has 0 atom stereocenters. The highest BCUT2D eigenvalue weighted by atomic mass is 32.2. The number of nitrogens with one attached hydrogen (secondary N) is 3. The maximum Gasteiger partial charge on any atom is 0.271 e. The van der Waals surface area contributed by atoms with Crippen molar-refractivity contribution in [2.24, 2.45) is 0 Å². The fourth-order valence-corrected chi connectivity index (χ4v) is 7.45. The van der Waals surface area contributed by atoms with Gasteiger partial charge in [0.15, 0.2) is 0 Å². The number of rotatable bonds is 10. The van der Waals surface area contributed by atoms with Crippen molar-refractivity contribution < 1.29 is 31.1 Å². The van der Waals surface area contributed by atoms with E-state index in [-0.39, 0.29) is 20.4 Å². The smallest absolute Gasteiger partial charge is 0.271 e. The van der Waals surface area contributed by atoms with Gasteiger partial charge in [0.25, 0.3) is 26.0 Å². The number of nitrogens with zero attached hydrogens (tertiary/aromatic N) is 1. The number of morpholine rings is 1. The molecule has 3 N–H and O–H groups in total. The molecule has 220 valence electrons. The van der Waals surface area contributed by atoms with Gasteiger partial charge >= 0.3 is 0 Å². The lowest BCUT2D eigenvalue weighted by Crippen LogP contribution is -2.36. The SMILES string of the molecule is COc1ccccc1NS(=O)(=O)c1ccc(N2CCOCC2)c(NC(=O)c2ccc(NS(=O)(=O)c3cccs3)cc2)c1. The number of benzene rings is 3. The Labute approximate surface area is 248 Å². The molecule has 0 aliphatic carbocycles. The normalized spacial score (nSPS) is 13.8. The fraction of sp³-hybridized carbons (Fsp3) is 0.179. The number of methoxy groups -OCH3 is 1. The molecule has 1 aliphatic rings. The molecule has 0 saturated carbocycles. The largest absolute Gasteiger partial charge is 0.495 e. The Morgan fingerprint density at radius 3 is 2.29 bits per heavy atom. The lowest BCUT2D eigenvalue weighted by atomic mass is 10.1. The molecule has 2 heterocycles. The minimum absolute atomic E-state index is 0.0564. The number of hydrogen-bond donors (Lipinski definition) is 3. The van der Waals surface area contributed by atoms with Gasteiger partial charge < -0.3 is 19.7 Å². The maximum atomic E-state index is 13.3. The van der Waals surface area contributed by atoms with Crippen molar-refractivity contribution in [2.75, 3.05) is 53.1 Å². The number of para-hydroxylation sites is 2. The number of thiophene rings is 1. The van der Waals surface area contributed by atoms with Crippen LogP contribution in [0.1, 0.15) is 10.4 Å². The van der Waals surface area contributed by atoms with Gasteiger partial charge in [0.05, 0.1) is 42.3 Å². The lowest BCUT2D eigenvalue weighted by molar-refractivity contribution is 0.102. The van der Waals surface area contributed by atoms with E-state index < -0.39 is 26.0 Å². The highest BCUT2D eigenvalue weighted by Gasteiger charge is 2.23. The second-order valence-electron chi connectivity index (χ2n) is 9.15. The van der Waals surface area contributed by atoms with Gasteiger partial charge in [-0.25, -0.2) is 16.8 Å². The second-order valence-corrected chi connectivity index (χ2v) is 13.7.